The molecule has 0 atom stereocenters. The number of benzene rings is 1. The Balaban J connectivity index is 1.91. The van der Waals surface area contributed by atoms with Gasteiger partial charge in [0.15, 0.2) is 0 Å². The molecule has 1 aromatic carbocycles. The van der Waals surface area contributed by atoms with E-state index in [1.807, 2.05) is 6.07 Å². The Labute approximate surface area is 132 Å². The summed E-state index contributed by atoms with van der Waals surface area (Å²) in [6.07, 6.45) is 3.84. The van der Waals surface area contributed by atoms with Crippen molar-refractivity contribution in [3.05, 3.63) is 57.6 Å². The summed E-state index contributed by atoms with van der Waals surface area (Å²) in [6.45, 7) is 0.194. The molecule has 1 aromatic heterocycles. The third-order valence-corrected chi connectivity index (χ3v) is 3.73. The molecule has 0 aliphatic heterocycles. The average molecular weight is 315 g/mol. The van der Waals surface area contributed by atoms with Crippen LogP contribution in [0.2, 0.25) is 0 Å². The van der Waals surface area contributed by atoms with Crippen LogP contribution in [0.1, 0.15) is 40.2 Å². The lowest BCUT2D eigenvalue weighted by atomic mass is 9.98. The van der Waals surface area contributed by atoms with E-state index in [1.54, 1.807) is 24.4 Å². The van der Waals surface area contributed by atoms with Gasteiger partial charge in [0.25, 0.3) is 0 Å². The second-order valence-corrected chi connectivity index (χ2v) is 5.42. The van der Waals surface area contributed by atoms with Gasteiger partial charge in [-0.1, -0.05) is 18.2 Å². The van der Waals surface area contributed by atoms with E-state index in [0.29, 0.717) is 17.4 Å². The van der Waals surface area contributed by atoms with E-state index in [0.717, 1.165) is 24.0 Å². The number of hydrogen-bond acceptors (Lipinski definition) is 4. The molecule has 0 saturated heterocycles. The van der Waals surface area contributed by atoms with Gasteiger partial charge in [0.05, 0.1) is 0 Å². The van der Waals surface area contributed by atoms with Crippen molar-refractivity contribution in [2.45, 2.75) is 25.4 Å². The van der Waals surface area contributed by atoms with Crippen molar-refractivity contribution in [1.82, 2.24) is 9.19 Å². The summed E-state index contributed by atoms with van der Waals surface area (Å²) in [5, 5.41) is 7.21. The number of aromatic nitrogens is 2. The summed E-state index contributed by atoms with van der Waals surface area (Å²) < 4.78 is 6.97. The van der Waals surface area contributed by atoms with Crippen molar-refractivity contribution in [2.75, 3.05) is 0 Å². The molecule has 112 valence electrons. The van der Waals surface area contributed by atoms with Crippen molar-refractivity contribution in [3.63, 3.8) is 0 Å². The van der Waals surface area contributed by atoms with E-state index in [9.17, 15) is 4.79 Å². The topological polar surface area (TPSA) is 92.9 Å². The number of hydrogen-bond donors (Lipinski definition) is 1. The van der Waals surface area contributed by atoms with Gasteiger partial charge in [0, 0.05) is 28.3 Å². The smallest absolute Gasteiger partial charge is 0.249 e. The van der Waals surface area contributed by atoms with Crippen LogP contribution in [-0.4, -0.2) is 15.1 Å². The summed E-state index contributed by atoms with van der Waals surface area (Å²) in [6, 6.07) is 7.13. The maximum Gasteiger partial charge on any atom is 0.249 e. The molecule has 1 amide bonds. The summed E-state index contributed by atoms with van der Waals surface area (Å²) in [7, 11) is 0. The maximum absolute atomic E-state index is 12.0. The van der Waals surface area contributed by atoms with Crippen LogP contribution >= 0.6 is 12.8 Å². The van der Waals surface area contributed by atoms with E-state index in [1.165, 1.54) is 4.09 Å². The first kappa shape index (κ1) is 14.5. The lowest BCUT2D eigenvalue weighted by Gasteiger charge is -2.12. The first-order valence-electron chi connectivity index (χ1n) is 6.78. The zero-order valence-electron chi connectivity index (χ0n) is 11.6. The molecule has 0 spiro atoms. The molecule has 1 heterocycles. The molecule has 2 aromatic rings. The van der Waals surface area contributed by atoms with E-state index in [2.05, 4.69) is 27.9 Å². The highest BCUT2D eigenvalue weighted by atomic mass is 32.1. The quantitative estimate of drug-likeness (QED) is 0.396. The first-order valence-corrected chi connectivity index (χ1v) is 7.18. The van der Waals surface area contributed by atoms with Gasteiger partial charge in [-0.15, -0.1) is 5.10 Å². The van der Waals surface area contributed by atoms with Crippen LogP contribution in [0.5, 0.6) is 5.88 Å². The van der Waals surface area contributed by atoms with Gasteiger partial charge in [0.2, 0.25) is 11.8 Å². The van der Waals surface area contributed by atoms with E-state index in [4.69, 9.17) is 10.3 Å². The second-order valence-electron chi connectivity index (χ2n) is 5.01. The predicted octanol–water partition coefficient (Wildman–Crippen LogP) is 3.48. The van der Waals surface area contributed by atoms with Crippen LogP contribution in [0.15, 0.2) is 35.6 Å². The Bertz CT molecular complexity index is 762. The molecule has 0 bridgehead atoms. The number of nitrogens with zero attached hydrogens (tertiary/aromatic N) is 5. The Morgan fingerprint density at radius 2 is 2.32 bits per heavy atom. The Hall–Kier alpha value is -2.44. The van der Waals surface area contributed by atoms with Gasteiger partial charge in [-0.25, -0.2) is 4.09 Å². The van der Waals surface area contributed by atoms with Gasteiger partial charge in [-0.2, -0.15) is 0 Å². The number of rotatable bonds is 5. The maximum atomic E-state index is 12.0. The van der Waals surface area contributed by atoms with Gasteiger partial charge in [0.1, 0.15) is 6.61 Å². The molecular weight excluding hydrogens is 302 g/mol. The standard InChI is InChI=1S/C14H13N5O2S/c15-18-16-14(20)11-3-1-2-10(9-4-5-9)12(11)8-21-13-6-7-19(22)17-13/h1-3,6-7,9,22H,4-5,8H2. The van der Waals surface area contributed by atoms with Gasteiger partial charge >= 0.3 is 0 Å². The van der Waals surface area contributed by atoms with Crippen LogP contribution in [-0.2, 0) is 6.61 Å². The molecule has 1 aliphatic rings. The zero-order chi connectivity index (χ0) is 15.5. The molecule has 1 aliphatic carbocycles. The van der Waals surface area contributed by atoms with Crippen LogP contribution in [0.3, 0.4) is 0 Å². The molecule has 1 fully saturated rings. The number of thiol groups is 1. The number of ether oxygens (including phenoxy) is 1. The highest BCUT2D eigenvalue weighted by Crippen LogP contribution is 2.42. The van der Waals surface area contributed by atoms with Crippen molar-refractivity contribution in [3.8, 4) is 5.88 Å². The van der Waals surface area contributed by atoms with E-state index >= 15 is 0 Å². The summed E-state index contributed by atoms with van der Waals surface area (Å²) >= 11 is 4.05. The van der Waals surface area contributed by atoms with Gasteiger partial charge in [-0.05, 0) is 47.8 Å². The summed E-state index contributed by atoms with van der Waals surface area (Å²) in [5.74, 6) is 0.269. The van der Waals surface area contributed by atoms with E-state index < -0.39 is 5.91 Å². The monoisotopic (exact) mass is 315 g/mol. The van der Waals surface area contributed by atoms with Crippen LogP contribution in [0.4, 0.5) is 0 Å². The minimum atomic E-state index is -0.594. The Kier molecular flexibility index (Phi) is 4.04. The molecule has 0 unspecified atom stereocenters. The van der Waals surface area contributed by atoms with Gasteiger partial charge in [-0.3, -0.25) is 4.79 Å². The predicted molar refractivity (Wildman–Crippen MR) is 82.8 cm³/mol. The van der Waals surface area contributed by atoms with Gasteiger partial charge < -0.3 is 4.74 Å². The summed E-state index contributed by atoms with van der Waals surface area (Å²) in [4.78, 5) is 14.5. The molecule has 22 heavy (non-hydrogen) atoms. The van der Waals surface area contributed by atoms with Crippen LogP contribution in [0.25, 0.3) is 10.4 Å². The third-order valence-electron chi connectivity index (χ3n) is 3.51. The fourth-order valence-corrected chi connectivity index (χ4v) is 2.51. The van der Waals surface area contributed by atoms with Crippen LogP contribution < -0.4 is 4.74 Å². The minimum Gasteiger partial charge on any atom is -0.472 e. The highest BCUT2D eigenvalue weighted by molar-refractivity contribution is 7.78. The Morgan fingerprint density at radius 3 is 2.95 bits per heavy atom. The van der Waals surface area contributed by atoms with E-state index in [-0.39, 0.29) is 6.61 Å². The number of carbonyl (C=O) groups excluding carboxylic acids is 1. The number of amides is 1. The lowest BCUT2D eigenvalue weighted by Crippen LogP contribution is -2.08. The normalized spacial score (nSPS) is 13.5. The van der Waals surface area contributed by atoms with Crippen LogP contribution in [0, 0.1) is 0 Å². The number of carbonyl (C=O) groups is 1. The van der Waals surface area contributed by atoms with Crippen molar-refractivity contribution in [2.24, 2.45) is 5.11 Å². The SMILES string of the molecule is [N-]=[N+]=NC(=O)c1cccc(C2CC2)c1COc1ccn(S)n1. The second kappa shape index (κ2) is 6.13. The lowest BCUT2D eigenvalue weighted by molar-refractivity contribution is 0.0997. The van der Waals surface area contributed by atoms with Crippen molar-refractivity contribution in [1.29, 1.82) is 0 Å². The fraction of sp³-hybridized carbons (Fsp3) is 0.286. The molecule has 0 N–H and O–H groups in total. The Morgan fingerprint density at radius 1 is 1.50 bits per heavy atom. The largest absolute Gasteiger partial charge is 0.472 e. The number of azide groups is 1. The average Bonchev–Trinajstić information content (AvgIpc) is 3.27. The van der Waals surface area contributed by atoms with Crippen molar-refractivity contribution < 1.29 is 9.53 Å². The molecular formula is C14H13N5O2S. The molecule has 0 radical (unpaired) electrons. The molecule has 3 rings (SSSR count). The minimum absolute atomic E-state index is 0.194. The van der Waals surface area contributed by atoms with Crippen molar-refractivity contribution >= 4 is 18.7 Å². The summed E-state index contributed by atoms with van der Waals surface area (Å²) in [5.41, 5.74) is 10.7. The molecule has 7 nitrogen and oxygen atoms in total. The molecule has 8 heteroatoms. The third kappa shape index (κ3) is 3.08. The first-order chi connectivity index (χ1) is 10.7. The molecule has 1 saturated carbocycles. The fourth-order valence-electron chi connectivity index (χ4n) is 2.36. The zero-order valence-corrected chi connectivity index (χ0v) is 12.5. The highest BCUT2D eigenvalue weighted by Gasteiger charge is 2.28.